The second-order valence-electron chi connectivity index (χ2n) is 8.27. The van der Waals surface area contributed by atoms with Crippen LogP contribution < -0.4 is 9.47 Å². The van der Waals surface area contributed by atoms with Crippen molar-refractivity contribution in [1.29, 1.82) is 0 Å². The van der Waals surface area contributed by atoms with Crippen LogP contribution in [0.3, 0.4) is 0 Å². The van der Waals surface area contributed by atoms with Crippen LogP contribution in [0.5, 0.6) is 11.5 Å². The minimum absolute atomic E-state index is 0.00610. The van der Waals surface area contributed by atoms with Gasteiger partial charge >= 0.3 is 0 Å². The fourth-order valence-corrected chi connectivity index (χ4v) is 4.16. The molecule has 1 aliphatic heterocycles. The molecule has 1 heterocycles. The molecule has 1 amide bonds. The lowest BCUT2D eigenvalue weighted by atomic mass is 10.1. The van der Waals surface area contributed by atoms with E-state index in [1.807, 2.05) is 55.5 Å². The molecule has 1 fully saturated rings. The first kappa shape index (κ1) is 23.9. The third kappa shape index (κ3) is 6.16. The molecule has 0 aromatic heterocycles. The molecule has 2 aromatic rings. The van der Waals surface area contributed by atoms with Gasteiger partial charge in [-0.3, -0.25) is 9.69 Å². The molecule has 0 unspecified atom stereocenters. The minimum atomic E-state index is -0.00610. The van der Waals surface area contributed by atoms with E-state index >= 15 is 0 Å². The van der Waals surface area contributed by atoms with Gasteiger partial charge in [0.25, 0.3) is 5.91 Å². The van der Waals surface area contributed by atoms with Crippen molar-refractivity contribution in [3.05, 3.63) is 58.5 Å². The molecule has 1 saturated heterocycles. The smallest absolute Gasteiger partial charge is 0.266 e. The largest absolute Gasteiger partial charge is 0.493 e. The molecule has 32 heavy (non-hydrogen) atoms. The highest BCUT2D eigenvalue weighted by atomic mass is 32.2. The number of benzene rings is 2. The van der Waals surface area contributed by atoms with Crippen molar-refractivity contribution in [2.45, 2.75) is 40.5 Å². The summed E-state index contributed by atoms with van der Waals surface area (Å²) in [5.41, 5.74) is 2.92. The zero-order valence-corrected chi connectivity index (χ0v) is 20.4. The van der Waals surface area contributed by atoms with Crippen LogP contribution >= 0.6 is 11.8 Å². The van der Waals surface area contributed by atoms with Crippen molar-refractivity contribution < 1.29 is 14.3 Å². The van der Waals surface area contributed by atoms with Crippen molar-refractivity contribution >= 4 is 34.6 Å². The number of aliphatic imine (C=N–C) groups is 1. The molecule has 0 atom stereocenters. The zero-order chi connectivity index (χ0) is 23.1. The predicted molar refractivity (Wildman–Crippen MR) is 134 cm³/mol. The second kappa shape index (κ2) is 11.2. The summed E-state index contributed by atoms with van der Waals surface area (Å²) < 4.78 is 11.4. The fourth-order valence-electron chi connectivity index (χ4n) is 3.14. The zero-order valence-electron chi connectivity index (χ0n) is 19.6. The standard InChI is InChI=1S/C26H32N2O3S/c1-6-7-14-28-25(29)24(32-26(28)27-21-11-8-19(4)9-12-21)16-20-10-13-22(23(15-20)30-5)31-17-18(2)3/h8-13,15-16,18H,6-7,14,17H2,1-5H3/b24-16+,27-26?. The second-order valence-corrected chi connectivity index (χ2v) is 9.28. The molecule has 0 bridgehead atoms. The number of carbonyl (C=O) groups is 1. The number of thioether (sulfide) groups is 1. The van der Waals surface area contributed by atoms with Gasteiger partial charge in [0, 0.05) is 6.54 Å². The number of aryl methyl sites for hydroxylation is 1. The lowest BCUT2D eigenvalue weighted by molar-refractivity contribution is -0.122. The molecular formula is C26H32N2O3S. The topological polar surface area (TPSA) is 51.1 Å². The van der Waals surface area contributed by atoms with Crippen LogP contribution in [0.15, 0.2) is 52.4 Å². The Morgan fingerprint density at radius 3 is 2.53 bits per heavy atom. The van der Waals surface area contributed by atoms with Gasteiger partial charge in [0.1, 0.15) is 0 Å². The third-order valence-corrected chi connectivity index (χ3v) is 5.95. The molecule has 170 valence electrons. The van der Waals surface area contributed by atoms with E-state index in [2.05, 4.69) is 20.8 Å². The average molecular weight is 453 g/mol. The number of hydrogen-bond donors (Lipinski definition) is 0. The number of unbranched alkanes of at least 4 members (excludes halogenated alkanes) is 1. The normalized spacial score (nSPS) is 16.4. The molecule has 0 radical (unpaired) electrons. The first-order valence-corrected chi connectivity index (χ1v) is 11.9. The number of ether oxygens (including phenoxy) is 2. The minimum Gasteiger partial charge on any atom is -0.493 e. The summed E-state index contributed by atoms with van der Waals surface area (Å²) in [4.78, 5) is 20.4. The van der Waals surface area contributed by atoms with Gasteiger partial charge in [0.2, 0.25) is 0 Å². The van der Waals surface area contributed by atoms with Crippen LogP contribution in [-0.2, 0) is 4.79 Å². The highest BCUT2D eigenvalue weighted by molar-refractivity contribution is 8.18. The first-order valence-electron chi connectivity index (χ1n) is 11.1. The summed E-state index contributed by atoms with van der Waals surface area (Å²) >= 11 is 1.42. The van der Waals surface area contributed by atoms with Crippen molar-refractivity contribution in [2.75, 3.05) is 20.3 Å². The number of rotatable bonds is 9. The van der Waals surface area contributed by atoms with E-state index in [1.165, 1.54) is 17.3 Å². The molecule has 0 N–H and O–H groups in total. The number of amides is 1. The van der Waals surface area contributed by atoms with E-state index in [-0.39, 0.29) is 5.91 Å². The van der Waals surface area contributed by atoms with Crippen molar-refractivity contribution in [3.63, 3.8) is 0 Å². The molecule has 0 spiro atoms. The Morgan fingerprint density at radius 1 is 1.12 bits per heavy atom. The number of carbonyl (C=O) groups excluding carboxylic acids is 1. The van der Waals surface area contributed by atoms with Gasteiger partial charge in [-0.25, -0.2) is 4.99 Å². The third-order valence-electron chi connectivity index (χ3n) is 4.94. The van der Waals surface area contributed by atoms with Gasteiger partial charge in [-0.05, 0) is 66.9 Å². The average Bonchev–Trinajstić information content (AvgIpc) is 3.06. The van der Waals surface area contributed by atoms with Gasteiger partial charge < -0.3 is 9.47 Å². The van der Waals surface area contributed by atoms with E-state index in [9.17, 15) is 4.79 Å². The molecule has 0 saturated carbocycles. The van der Waals surface area contributed by atoms with Gasteiger partial charge in [-0.1, -0.05) is 51.0 Å². The maximum Gasteiger partial charge on any atom is 0.266 e. The van der Waals surface area contributed by atoms with Gasteiger partial charge in [-0.15, -0.1) is 0 Å². The van der Waals surface area contributed by atoms with E-state index in [0.717, 1.165) is 29.3 Å². The van der Waals surface area contributed by atoms with Gasteiger partial charge in [0.05, 0.1) is 24.3 Å². The van der Waals surface area contributed by atoms with Gasteiger partial charge in [-0.2, -0.15) is 0 Å². The Kier molecular flexibility index (Phi) is 8.39. The Morgan fingerprint density at radius 2 is 1.88 bits per heavy atom. The van der Waals surface area contributed by atoms with Crippen LogP contribution in [0, 0.1) is 12.8 Å². The van der Waals surface area contributed by atoms with E-state index in [0.29, 0.717) is 35.5 Å². The van der Waals surface area contributed by atoms with Crippen molar-refractivity contribution in [2.24, 2.45) is 10.9 Å². The predicted octanol–water partition coefficient (Wildman–Crippen LogP) is 6.44. The highest BCUT2D eigenvalue weighted by Crippen LogP contribution is 2.36. The molecule has 2 aromatic carbocycles. The SMILES string of the molecule is CCCCN1C(=O)/C(=C\c2ccc(OCC(C)C)c(OC)c2)SC1=Nc1ccc(C)cc1. The number of nitrogens with zero attached hydrogens (tertiary/aromatic N) is 2. The number of amidine groups is 1. The van der Waals surface area contributed by atoms with E-state index in [1.54, 1.807) is 12.0 Å². The molecular weight excluding hydrogens is 420 g/mol. The maximum absolute atomic E-state index is 13.2. The van der Waals surface area contributed by atoms with Crippen LogP contribution in [0.2, 0.25) is 0 Å². The van der Waals surface area contributed by atoms with Crippen LogP contribution in [-0.4, -0.2) is 36.2 Å². The van der Waals surface area contributed by atoms with Crippen LogP contribution in [0.1, 0.15) is 44.7 Å². The molecule has 6 heteroatoms. The van der Waals surface area contributed by atoms with Crippen molar-refractivity contribution in [3.8, 4) is 11.5 Å². The maximum atomic E-state index is 13.2. The Bertz CT molecular complexity index is 997. The van der Waals surface area contributed by atoms with Crippen LogP contribution in [0.25, 0.3) is 6.08 Å². The summed E-state index contributed by atoms with van der Waals surface area (Å²) in [6.07, 6.45) is 3.85. The Hall–Kier alpha value is -2.73. The van der Waals surface area contributed by atoms with E-state index in [4.69, 9.17) is 14.5 Å². The number of hydrogen-bond acceptors (Lipinski definition) is 5. The summed E-state index contributed by atoms with van der Waals surface area (Å²) in [5, 5.41) is 0.724. The lowest BCUT2D eigenvalue weighted by Gasteiger charge is -2.14. The summed E-state index contributed by atoms with van der Waals surface area (Å²) in [6.45, 7) is 9.66. The lowest BCUT2D eigenvalue weighted by Crippen LogP contribution is -2.30. The van der Waals surface area contributed by atoms with Crippen LogP contribution in [0.4, 0.5) is 5.69 Å². The first-order chi connectivity index (χ1) is 15.4. The van der Waals surface area contributed by atoms with E-state index < -0.39 is 0 Å². The molecule has 0 aliphatic carbocycles. The Labute approximate surface area is 195 Å². The Balaban J connectivity index is 1.88. The summed E-state index contributed by atoms with van der Waals surface area (Å²) in [5.74, 6) is 1.79. The van der Waals surface area contributed by atoms with Gasteiger partial charge in [0.15, 0.2) is 16.7 Å². The molecule has 3 rings (SSSR count). The number of methoxy groups -OCH3 is 1. The quantitative estimate of drug-likeness (QED) is 0.411. The fraction of sp³-hybridized carbons (Fsp3) is 0.385. The highest BCUT2D eigenvalue weighted by Gasteiger charge is 2.33. The summed E-state index contributed by atoms with van der Waals surface area (Å²) in [7, 11) is 1.63. The summed E-state index contributed by atoms with van der Waals surface area (Å²) in [6, 6.07) is 13.8. The monoisotopic (exact) mass is 452 g/mol. The molecule has 5 nitrogen and oxygen atoms in total. The molecule has 1 aliphatic rings. The van der Waals surface area contributed by atoms with Crippen molar-refractivity contribution in [1.82, 2.24) is 4.90 Å².